The summed E-state index contributed by atoms with van der Waals surface area (Å²) in [5.41, 5.74) is 2.77. The highest BCUT2D eigenvalue weighted by atomic mass is 35.5. The van der Waals surface area contributed by atoms with Crippen molar-refractivity contribution < 1.29 is 4.74 Å². The number of nitrogens with zero attached hydrogens (tertiary/aromatic N) is 3. The third-order valence-electron chi connectivity index (χ3n) is 2.50. The van der Waals surface area contributed by atoms with E-state index in [1.165, 1.54) is 0 Å². The molecule has 0 atom stereocenters. The molecule has 5 heteroatoms. The number of ether oxygens (including phenoxy) is 1. The first-order chi connectivity index (χ1) is 9.19. The maximum atomic E-state index is 5.68. The van der Waals surface area contributed by atoms with E-state index in [1.807, 2.05) is 26.1 Å². The molecule has 2 heterocycles. The number of aryl methyl sites for hydroxylation is 2. The molecule has 0 bridgehead atoms. The lowest BCUT2D eigenvalue weighted by molar-refractivity contribution is 0.293. The van der Waals surface area contributed by atoms with Gasteiger partial charge < -0.3 is 4.74 Å². The zero-order valence-corrected chi connectivity index (χ0v) is 11.6. The summed E-state index contributed by atoms with van der Waals surface area (Å²) < 4.78 is 7.49. The number of pyridine rings is 1. The van der Waals surface area contributed by atoms with Crippen LogP contribution in [-0.4, -0.2) is 20.6 Å². The minimum Gasteiger partial charge on any atom is -0.486 e. The average molecular weight is 276 g/mol. The van der Waals surface area contributed by atoms with Crippen molar-refractivity contribution in [2.75, 3.05) is 5.88 Å². The zero-order chi connectivity index (χ0) is 13.7. The highest BCUT2D eigenvalue weighted by molar-refractivity contribution is 6.19. The summed E-state index contributed by atoms with van der Waals surface area (Å²) in [5, 5.41) is 4.27. The maximum absolute atomic E-state index is 5.68. The van der Waals surface area contributed by atoms with Gasteiger partial charge in [-0.2, -0.15) is 5.10 Å². The van der Waals surface area contributed by atoms with E-state index in [2.05, 4.69) is 21.9 Å². The Morgan fingerprint density at radius 3 is 2.89 bits per heavy atom. The van der Waals surface area contributed by atoms with E-state index in [-0.39, 0.29) is 0 Å². The first kappa shape index (κ1) is 13.4. The van der Waals surface area contributed by atoms with Gasteiger partial charge in [-0.3, -0.25) is 9.67 Å². The molecule has 19 heavy (non-hydrogen) atoms. The molecule has 0 aliphatic carbocycles. The third-order valence-corrected chi connectivity index (χ3v) is 2.63. The number of alkyl halides is 1. The molecule has 0 aliphatic rings. The molecule has 0 N–H and O–H groups in total. The number of rotatable bonds is 3. The van der Waals surface area contributed by atoms with Crippen molar-refractivity contribution in [3.8, 4) is 17.6 Å². The maximum Gasteiger partial charge on any atom is 0.139 e. The summed E-state index contributed by atoms with van der Waals surface area (Å²) in [6.07, 6.45) is 3.34. The van der Waals surface area contributed by atoms with Crippen LogP contribution in [0.25, 0.3) is 0 Å². The molecule has 0 aliphatic heterocycles. The quantitative estimate of drug-likeness (QED) is 0.637. The van der Waals surface area contributed by atoms with Crippen molar-refractivity contribution in [2.24, 2.45) is 7.05 Å². The number of aromatic nitrogens is 3. The Labute approximate surface area is 117 Å². The van der Waals surface area contributed by atoms with Gasteiger partial charge in [0.2, 0.25) is 0 Å². The van der Waals surface area contributed by atoms with Crippen LogP contribution in [0.15, 0.2) is 24.5 Å². The van der Waals surface area contributed by atoms with E-state index >= 15 is 0 Å². The van der Waals surface area contributed by atoms with Crippen LogP contribution in [0.3, 0.4) is 0 Å². The van der Waals surface area contributed by atoms with Gasteiger partial charge >= 0.3 is 0 Å². The fraction of sp³-hybridized carbons (Fsp3) is 0.286. The third kappa shape index (κ3) is 3.73. The Kier molecular flexibility index (Phi) is 4.43. The van der Waals surface area contributed by atoms with E-state index in [1.54, 1.807) is 17.1 Å². The fourth-order valence-electron chi connectivity index (χ4n) is 1.66. The molecule has 0 fully saturated rings. The molecule has 0 unspecified atom stereocenters. The summed E-state index contributed by atoms with van der Waals surface area (Å²) in [6.45, 7) is 2.40. The highest BCUT2D eigenvalue weighted by Crippen LogP contribution is 2.13. The van der Waals surface area contributed by atoms with Crippen molar-refractivity contribution in [3.63, 3.8) is 0 Å². The van der Waals surface area contributed by atoms with Crippen LogP contribution in [0.2, 0.25) is 0 Å². The van der Waals surface area contributed by atoms with Gasteiger partial charge in [-0.05, 0) is 19.1 Å². The molecular weight excluding hydrogens is 262 g/mol. The van der Waals surface area contributed by atoms with Crippen LogP contribution in [0, 0.1) is 18.8 Å². The van der Waals surface area contributed by atoms with Gasteiger partial charge in [0.1, 0.15) is 12.4 Å². The van der Waals surface area contributed by atoms with Crippen LogP contribution >= 0.6 is 11.6 Å². The first-order valence-corrected chi connectivity index (χ1v) is 6.34. The van der Waals surface area contributed by atoms with Gasteiger partial charge in [-0.1, -0.05) is 11.8 Å². The molecule has 98 valence electrons. The predicted molar refractivity (Wildman–Crippen MR) is 74.1 cm³/mol. The monoisotopic (exact) mass is 275 g/mol. The Morgan fingerprint density at radius 2 is 2.21 bits per heavy atom. The smallest absolute Gasteiger partial charge is 0.139 e. The zero-order valence-electron chi connectivity index (χ0n) is 10.9. The normalized spacial score (nSPS) is 9.84. The van der Waals surface area contributed by atoms with Crippen LogP contribution < -0.4 is 4.74 Å². The van der Waals surface area contributed by atoms with E-state index in [4.69, 9.17) is 16.3 Å². The van der Waals surface area contributed by atoms with Gasteiger partial charge in [0.15, 0.2) is 0 Å². The number of hydrogen-bond acceptors (Lipinski definition) is 3. The van der Waals surface area contributed by atoms with Gasteiger partial charge in [0.05, 0.1) is 23.5 Å². The van der Waals surface area contributed by atoms with E-state index < -0.39 is 0 Å². The fourth-order valence-corrected chi connectivity index (χ4v) is 1.72. The minimum atomic E-state index is 0.305. The van der Waals surface area contributed by atoms with E-state index in [0.29, 0.717) is 18.2 Å². The Hall–Kier alpha value is -1.99. The van der Waals surface area contributed by atoms with Gasteiger partial charge in [0, 0.05) is 18.8 Å². The second-order valence-corrected chi connectivity index (χ2v) is 4.30. The molecule has 0 amide bonds. The lowest BCUT2D eigenvalue weighted by atomic mass is 10.3. The molecule has 0 saturated carbocycles. The van der Waals surface area contributed by atoms with Crippen LogP contribution in [-0.2, 0) is 13.7 Å². The lowest BCUT2D eigenvalue weighted by Crippen LogP contribution is -2.03. The number of hydrogen-bond donors (Lipinski definition) is 0. The SMILES string of the molecule is Cc1cc(COc2cncc(C#CCCl)c2)n(C)n1. The van der Waals surface area contributed by atoms with Crippen molar-refractivity contribution in [1.82, 2.24) is 14.8 Å². The predicted octanol–water partition coefficient (Wildman–Crippen LogP) is 2.29. The summed E-state index contributed by atoms with van der Waals surface area (Å²) in [6, 6.07) is 3.83. The van der Waals surface area contributed by atoms with Crippen molar-refractivity contribution in [3.05, 3.63) is 41.5 Å². The standard InChI is InChI=1S/C14H14ClN3O/c1-11-6-13(18(2)17-11)10-19-14-7-12(4-3-5-15)8-16-9-14/h6-9H,5,10H2,1-2H3. The minimum absolute atomic E-state index is 0.305. The Bertz CT molecular complexity index is 625. The lowest BCUT2D eigenvalue weighted by Gasteiger charge is -2.06. The van der Waals surface area contributed by atoms with Crippen LogP contribution in [0.4, 0.5) is 0 Å². The molecule has 0 radical (unpaired) electrons. The number of halogens is 1. The van der Waals surface area contributed by atoms with Crippen LogP contribution in [0.5, 0.6) is 5.75 Å². The summed E-state index contributed by atoms with van der Waals surface area (Å²) in [4.78, 5) is 4.08. The molecule has 0 spiro atoms. The molecule has 2 aromatic rings. The highest BCUT2D eigenvalue weighted by Gasteiger charge is 2.03. The summed E-state index contributed by atoms with van der Waals surface area (Å²) in [5.74, 6) is 6.68. The van der Waals surface area contributed by atoms with Crippen molar-refractivity contribution in [2.45, 2.75) is 13.5 Å². The van der Waals surface area contributed by atoms with Gasteiger partial charge in [-0.15, -0.1) is 11.6 Å². The van der Waals surface area contributed by atoms with Gasteiger partial charge in [-0.25, -0.2) is 0 Å². The van der Waals surface area contributed by atoms with Gasteiger partial charge in [0.25, 0.3) is 0 Å². The molecule has 2 rings (SSSR count). The first-order valence-electron chi connectivity index (χ1n) is 5.81. The summed E-state index contributed by atoms with van der Waals surface area (Å²) in [7, 11) is 1.90. The topological polar surface area (TPSA) is 39.9 Å². The average Bonchev–Trinajstić information content (AvgIpc) is 2.73. The van der Waals surface area contributed by atoms with E-state index in [9.17, 15) is 0 Å². The molecule has 0 saturated heterocycles. The largest absolute Gasteiger partial charge is 0.486 e. The van der Waals surface area contributed by atoms with Crippen molar-refractivity contribution >= 4 is 11.6 Å². The molecule has 2 aromatic heterocycles. The molecular formula is C14H14ClN3O. The second-order valence-electron chi connectivity index (χ2n) is 4.03. The van der Waals surface area contributed by atoms with E-state index in [0.717, 1.165) is 17.0 Å². The second kappa shape index (κ2) is 6.26. The van der Waals surface area contributed by atoms with Crippen molar-refractivity contribution in [1.29, 1.82) is 0 Å². The Morgan fingerprint density at radius 1 is 1.37 bits per heavy atom. The molecule has 0 aromatic carbocycles. The summed E-state index contributed by atoms with van der Waals surface area (Å²) >= 11 is 5.52. The Balaban J connectivity index is 2.05. The molecule has 4 nitrogen and oxygen atoms in total. The van der Waals surface area contributed by atoms with Crippen LogP contribution in [0.1, 0.15) is 17.0 Å².